The Kier molecular flexibility index (Phi) is 2.32. The zero-order valence-electron chi connectivity index (χ0n) is 7.51. The Balaban J connectivity index is 2.56. The highest BCUT2D eigenvalue weighted by molar-refractivity contribution is 7.14. The van der Waals surface area contributed by atoms with Gasteiger partial charge in [0.1, 0.15) is 0 Å². The first-order valence-electron chi connectivity index (χ1n) is 4.59. The highest BCUT2D eigenvalue weighted by Crippen LogP contribution is 2.33. The number of thiophene rings is 1. The number of fused-ring (bicyclic) bond motifs is 1. The van der Waals surface area contributed by atoms with Crippen molar-refractivity contribution >= 4 is 23.7 Å². The topological polar surface area (TPSA) is 17.1 Å². The fourth-order valence-electron chi connectivity index (χ4n) is 1.92. The molecule has 1 aromatic heterocycles. The van der Waals surface area contributed by atoms with Crippen molar-refractivity contribution in [3.05, 3.63) is 27.5 Å². The predicted molar refractivity (Wildman–Crippen MR) is 56.4 cm³/mol. The van der Waals surface area contributed by atoms with Crippen LogP contribution in [0.1, 0.15) is 38.5 Å². The van der Waals surface area contributed by atoms with Crippen LogP contribution in [0.3, 0.4) is 0 Å². The van der Waals surface area contributed by atoms with Gasteiger partial charge in [0.25, 0.3) is 0 Å². The number of carbonyl (C=O) groups is 1. The maximum Gasteiger partial charge on any atom is 0.160 e. The molecule has 1 aliphatic carbocycles. The molecule has 0 aliphatic heterocycles. The van der Waals surface area contributed by atoms with Crippen LogP contribution >= 0.6 is 11.3 Å². The van der Waals surface area contributed by atoms with Gasteiger partial charge in [-0.25, -0.2) is 0 Å². The van der Waals surface area contributed by atoms with Gasteiger partial charge in [-0.1, -0.05) is 12.7 Å². The third-order valence-electron chi connectivity index (χ3n) is 2.55. The van der Waals surface area contributed by atoms with E-state index < -0.39 is 0 Å². The minimum Gasteiger partial charge on any atom is -0.297 e. The van der Waals surface area contributed by atoms with E-state index in [2.05, 4.69) is 6.58 Å². The van der Waals surface area contributed by atoms with E-state index >= 15 is 0 Å². The van der Waals surface area contributed by atoms with E-state index in [4.69, 9.17) is 0 Å². The van der Waals surface area contributed by atoms with Gasteiger partial charge >= 0.3 is 0 Å². The lowest BCUT2D eigenvalue weighted by atomic mass is 9.95. The molecule has 2 rings (SSSR count). The number of aldehydes is 1. The number of carbonyl (C=O) groups excluding carboxylic acids is 1. The number of hydrogen-bond acceptors (Lipinski definition) is 2. The monoisotopic (exact) mass is 192 g/mol. The second-order valence-electron chi connectivity index (χ2n) is 3.31. The molecule has 68 valence electrons. The summed E-state index contributed by atoms with van der Waals surface area (Å²) in [4.78, 5) is 13.0. The zero-order chi connectivity index (χ0) is 9.26. The van der Waals surface area contributed by atoms with Gasteiger partial charge in [0.15, 0.2) is 6.29 Å². The molecule has 0 atom stereocenters. The molecule has 0 aromatic carbocycles. The van der Waals surface area contributed by atoms with Crippen LogP contribution in [0.25, 0.3) is 6.08 Å². The lowest BCUT2D eigenvalue weighted by molar-refractivity contribution is 0.112. The first-order valence-corrected chi connectivity index (χ1v) is 5.40. The summed E-state index contributed by atoms with van der Waals surface area (Å²) >= 11 is 1.65. The molecule has 2 heteroatoms. The van der Waals surface area contributed by atoms with E-state index in [1.54, 1.807) is 11.3 Å². The molecule has 0 N–H and O–H groups in total. The Morgan fingerprint density at radius 2 is 2.08 bits per heavy atom. The largest absolute Gasteiger partial charge is 0.297 e. The Labute approximate surface area is 82.1 Å². The predicted octanol–water partition coefficient (Wildman–Crippen LogP) is 3.08. The van der Waals surface area contributed by atoms with Crippen molar-refractivity contribution in [3.8, 4) is 0 Å². The molecule has 1 aliphatic rings. The minimum absolute atomic E-state index is 0.863. The molecule has 0 radical (unpaired) electrons. The van der Waals surface area contributed by atoms with Crippen LogP contribution in [-0.2, 0) is 12.8 Å². The third kappa shape index (κ3) is 1.35. The lowest BCUT2D eigenvalue weighted by Crippen LogP contribution is -1.99. The van der Waals surface area contributed by atoms with E-state index in [0.717, 1.165) is 29.6 Å². The summed E-state index contributed by atoms with van der Waals surface area (Å²) in [6.07, 6.45) is 7.57. The van der Waals surface area contributed by atoms with Gasteiger partial charge in [0.2, 0.25) is 0 Å². The summed E-state index contributed by atoms with van der Waals surface area (Å²) in [6, 6.07) is 0. The molecule has 1 aromatic rings. The Hall–Kier alpha value is -0.890. The van der Waals surface area contributed by atoms with Gasteiger partial charge in [-0.2, -0.15) is 0 Å². The van der Waals surface area contributed by atoms with Crippen LogP contribution in [0.5, 0.6) is 0 Å². The van der Waals surface area contributed by atoms with E-state index in [9.17, 15) is 4.79 Å². The highest BCUT2D eigenvalue weighted by Gasteiger charge is 2.17. The zero-order valence-corrected chi connectivity index (χ0v) is 8.32. The fraction of sp³-hybridized carbons (Fsp3) is 0.364. The average molecular weight is 192 g/mol. The van der Waals surface area contributed by atoms with Gasteiger partial charge in [0.05, 0.1) is 4.88 Å². The minimum atomic E-state index is 0.863. The van der Waals surface area contributed by atoms with Crippen molar-refractivity contribution < 1.29 is 4.79 Å². The first-order chi connectivity index (χ1) is 6.36. The van der Waals surface area contributed by atoms with Crippen molar-refractivity contribution in [1.82, 2.24) is 0 Å². The molecule has 0 unspecified atom stereocenters. The summed E-state index contributed by atoms with van der Waals surface area (Å²) < 4.78 is 0. The first kappa shape index (κ1) is 8.70. The summed E-state index contributed by atoms with van der Waals surface area (Å²) in [5.74, 6) is 0. The van der Waals surface area contributed by atoms with E-state index in [1.807, 2.05) is 6.08 Å². The smallest absolute Gasteiger partial charge is 0.160 e. The van der Waals surface area contributed by atoms with E-state index in [1.165, 1.54) is 23.3 Å². The molecule has 1 nitrogen and oxygen atoms in total. The highest BCUT2D eigenvalue weighted by atomic mass is 32.1. The average Bonchev–Trinajstić information content (AvgIpc) is 2.55. The quantitative estimate of drug-likeness (QED) is 0.658. The van der Waals surface area contributed by atoms with E-state index in [0.29, 0.717) is 0 Å². The normalized spacial score (nSPS) is 15.1. The molecule has 0 spiro atoms. The van der Waals surface area contributed by atoms with Crippen LogP contribution < -0.4 is 0 Å². The molecular weight excluding hydrogens is 180 g/mol. The van der Waals surface area contributed by atoms with Crippen LogP contribution in [0.2, 0.25) is 0 Å². The van der Waals surface area contributed by atoms with Crippen molar-refractivity contribution in [2.24, 2.45) is 0 Å². The Bertz CT molecular complexity index is 349. The molecule has 1 heterocycles. The van der Waals surface area contributed by atoms with Crippen molar-refractivity contribution in [1.29, 1.82) is 0 Å². The maximum atomic E-state index is 10.8. The van der Waals surface area contributed by atoms with Crippen LogP contribution in [-0.4, -0.2) is 6.29 Å². The molecule has 13 heavy (non-hydrogen) atoms. The van der Waals surface area contributed by atoms with Gasteiger partial charge in [-0.15, -0.1) is 11.3 Å². The lowest BCUT2D eigenvalue weighted by Gasteiger charge is -2.10. The standard InChI is InChI=1S/C11H12OS/c1-2-8-9-5-3-4-6-10(9)13-11(8)7-12/h2,7H,1,3-6H2. The summed E-state index contributed by atoms with van der Waals surface area (Å²) in [6.45, 7) is 3.77. The second-order valence-corrected chi connectivity index (χ2v) is 4.45. The fourth-order valence-corrected chi connectivity index (χ4v) is 3.13. The molecule has 0 fully saturated rings. The molecule has 0 amide bonds. The molecule has 0 saturated heterocycles. The van der Waals surface area contributed by atoms with Crippen LogP contribution in [0.4, 0.5) is 0 Å². The van der Waals surface area contributed by atoms with Crippen molar-refractivity contribution in [2.45, 2.75) is 25.7 Å². The Morgan fingerprint density at radius 3 is 2.77 bits per heavy atom. The van der Waals surface area contributed by atoms with E-state index in [-0.39, 0.29) is 0 Å². The van der Waals surface area contributed by atoms with Gasteiger partial charge < -0.3 is 0 Å². The summed E-state index contributed by atoms with van der Waals surface area (Å²) in [7, 11) is 0. The second kappa shape index (κ2) is 3.46. The Morgan fingerprint density at radius 1 is 1.31 bits per heavy atom. The van der Waals surface area contributed by atoms with Gasteiger partial charge in [-0.3, -0.25) is 4.79 Å². The molecule has 0 bridgehead atoms. The number of rotatable bonds is 2. The number of hydrogen-bond donors (Lipinski definition) is 0. The van der Waals surface area contributed by atoms with Crippen LogP contribution in [0.15, 0.2) is 6.58 Å². The van der Waals surface area contributed by atoms with Crippen molar-refractivity contribution in [2.75, 3.05) is 0 Å². The van der Waals surface area contributed by atoms with Gasteiger partial charge in [0, 0.05) is 4.88 Å². The van der Waals surface area contributed by atoms with Crippen LogP contribution in [0, 0.1) is 0 Å². The third-order valence-corrected chi connectivity index (χ3v) is 3.79. The summed E-state index contributed by atoms with van der Waals surface area (Å²) in [5.41, 5.74) is 2.48. The SMILES string of the molecule is C=Cc1c(C=O)sc2c1CCCC2. The molecular formula is C11H12OS. The summed E-state index contributed by atoms with van der Waals surface area (Å²) in [5, 5.41) is 0. The van der Waals surface area contributed by atoms with Crippen molar-refractivity contribution in [3.63, 3.8) is 0 Å². The van der Waals surface area contributed by atoms with Gasteiger partial charge in [-0.05, 0) is 36.8 Å². The number of aryl methyl sites for hydroxylation is 1. The maximum absolute atomic E-state index is 10.8. The molecule has 0 saturated carbocycles.